The Hall–Kier alpha value is -0.0400. The van der Waals surface area contributed by atoms with Crippen LogP contribution in [0.3, 0.4) is 0 Å². The van der Waals surface area contributed by atoms with Gasteiger partial charge in [-0.2, -0.15) is 0 Å². The SMILES string of the molecule is CCC1CCCCC1NC1CCCC(C2CC2)C1. The summed E-state index contributed by atoms with van der Waals surface area (Å²) in [6.07, 6.45) is 16.3. The van der Waals surface area contributed by atoms with Gasteiger partial charge in [-0.15, -0.1) is 0 Å². The highest BCUT2D eigenvalue weighted by Gasteiger charge is 2.35. The second-order valence-electron chi connectivity index (χ2n) is 7.19. The molecule has 3 aliphatic rings. The van der Waals surface area contributed by atoms with Crippen molar-refractivity contribution in [3.8, 4) is 0 Å². The number of hydrogen-bond donors (Lipinski definition) is 1. The first-order chi connectivity index (χ1) is 8.86. The van der Waals surface area contributed by atoms with E-state index in [1.54, 1.807) is 12.8 Å². The second-order valence-corrected chi connectivity index (χ2v) is 7.19. The standard InChI is InChI=1S/C17H31N/c1-2-13-6-3-4-9-17(13)18-16-8-5-7-15(12-16)14-10-11-14/h13-18H,2-12H2,1H3. The van der Waals surface area contributed by atoms with Gasteiger partial charge < -0.3 is 5.32 Å². The zero-order valence-corrected chi connectivity index (χ0v) is 12.2. The van der Waals surface area contributed by atoms with Crippen molar-refractivity contribution >= 4 is 0 Å². The minimum absolute atomic E-state index is 0.853. The van der Waals surface area contributed by atoms with Crippen LogP contribution in [0.15, 0.2) is 0 Å². The summed E-state index contributed by atoms with van der Waals surface area (Å²) in [7, 11) is 0. The van der Waals surface area contributed by atoms with Crippen LogP contribution in [0.2, 0.25) is 0 Å². The van der Waals surface area contributed by atoms with Gasteiger partial charge in [-0.05, 0) is 56.3 Å². The maximum atomic E-state index is 4.07. The summed E-state index contributed by atoms with van der Waals surface area (Å²) < 4.78 is 0. The molecule has 0 amide bonds. The largest absolute Gasteiger partial charge is 0.311 e. The Labute approximate surface area is 113 Å². The smallest absolute Gasteiger partial charge is 0.00978 e. The van der Waals surface area contributed by atoms with Crippen molar-refractivity contribution in [2.75, 3.05) is 0 Å². The lowest BCUT2D eigenvalue weighted by Crippen LogP contribution is -2.46. The van der Waals surface area contributed by atoms with Crippen molar-refractivity contribution in [3.05, 3.63) is 0 Å². The summed E-state index contributed by atoms with van der Waals surface area (Å²) in [5, 5.41) is 4.07. The maximum Gasteiger partial charge on any atom is 0.00978 e. The van der Waals surface area contributed by atoms with Crippen molar-refractivity contribution in [1.82, 2.24) is 5.32 Å². The Morgan fingerprint density at radius 2 is 1.67 bits per heavy atom. The summed E-state index contributed by atoms with van der Waals surface area (Å²) in [5.41, 5.74) is 0. The first-order valence-electron chi connectivity index (χ1n) is 8.63. The van der Waals surface area contributed by atoms with Crippen LogP contribution in [-0.4, -0.2) is 12.1 Å². The van der Waals surface area contributed by atoms with Crippen LogP contribution in [0.1, 0.15) is 77.6 Å². The lowest BCUT2D eigenvalue weighted by atomic mass is 9.79. The Morgan fingerprint density at radius 1 is 0.833 bits per heavy atom. The highest BCUT2D eigenvalue weighted by Crippen LogP contribution is 2.44. The average Bonchev–Trinajstić information content (AvgIpc) is 3.24. The van der Waals surface area contributed by atoms with Gasteiger partial charge in [0.05, 0.1) is 0 Å². The van der Waals surface area contributed by atoms with E-state index in [9.17, 15) is 0 Å². The van der Waals surface area contributed by atoms with Gasteiger partial charge in [0.2, 0.25) is 0 Å². The van der Waals surface area contributed by atoms with E-state index in [4.69, 9.17) is 0 Å². The first kappa shape index (κ1) is 13.0. The number of nitrogens with one attached hydrogen (secondary N) is 1. The molecule has 0 bridgehead atoms. The molecule has 0 aromatic heterocycles. The van der Waals surface area contributed by atoms with Gasteiger partial charge in [-0.3, -0.25) is 0 Å². The van der Waals surface area contributed by atoms with Gasteiger partial charge in [0.1, 0.15) is 0 Å². The fourth-order valence-corrected chi connectivity index (χ4v) is 4.59. The molecule has 3 saturated carbocycles. The molecule has 104 valence electrons. The van der Waals surface area contributed by atoms with E-state index in [0.717, 1.165) is 29.8 Å². The molecular weight excluding hydrogens is 218 g/mol. The lowest BCUT2D eigenvalue weighted by molar-refractivity contribution is 0.190. The van der Waals surface area contributed by atoms with Gasteiger partial charge >= 0.3 is 0 Å². The third-order valence-corrected chi connectivity index (χ3v) is 5.89. The van der Waals surface area contributed by atoms with Gasteiger partial charge in [-0.25, -0.2) is 0 Å². The summed E-state index contributed by atoms with van der Waals surface area (Å²) >= 11 is 0. The lowest BCUT2D eigenvalue weighted by Gasteiger charge is -2.38. The topological polar surface area (TPSA) is 12.0 Å². The van der Waals surface area contributed by atoms with Crippen LogP contribution in [0.5, 0.6) is 0 Å². The van der Waals surface area contributed by atoms with Crippen LogP contribution < -0.4 is 5.32 Å². The number of hydrogen-bond acceptors (Lipinski definition) is 1. The van der Waals surface area contributed by atoms with Gasteiger partial charge in [0.25, 0.3) is 0 Å². The summed E-state index contributed by atoms with van der Waals surface area (Å²) in [4.78, 5) is 0. The van der Waals surface area contributed by atoms with Crippen molar-refractivity contribution in [3.63, 3.8) is 0 Å². The third-order valence-electron chi connectivity index (χ3n) is 5.89. The van der Waals surface area contributed by atoms with E-state index < -0.39 is 0 Å². The maximum absolute atomic E-state index is 4.07. The minimum atomic E-state index is 0.853. The molecule has 3 aliphatic carbocycles. The molecule has 0 aliphatic heterocycles. The predicted molar refractivity (Wildman–Crippen MR) is 77.6 cm³/mol. The highest BCUT2D eigenvalue weighted by atomic mass is 15.0. The molecule has 0 heterocycles. The van der Waals surface area contributed by atoms with Crippen LogP contribution in [0.4, 0.5) is 0 Å². The average molecular weight is 249 g/mol. The highest BCUT2D eigenvalue weighted by molar-refractivity contribution is 4.90. The van der Waals surface area contributed by atoms with Crippen LogP contribution in [0.25, 0.3) is 0 Å². The molecule has 3 fully saturated rings. The van der Waals surface area contributed by atoms with Crippen molar-refractivity contribution < 1.29 is 0 Å². The van der Waals surface area contributed by atoms with Crippen molar-refractivity contribution in [2.24, 2.45) is 17.8 Å². The molecule has 0 aromatic carbocycles. The second kappa shape index (κ2) is 5.94. The van der Waals surface area contributed by atoms with Crippen LogP contribution in [-0.2, 0) is 0 Å². The van der Waals surface area contributed by atoms with Crippen molar-refractivity contribution in [2.45, 2.75) is 89.6 Å². The molecular formula is C17H31N. The molecule has 4 unspecified atom stereocenters. The van der Waals surface area contributed by atoms with Gasteiger partial charge in [0, 0.05) is 12.1 Å². The molecule has 1 N–H and O–H groups in total. The predicted octanol–water partition coefficient (Wildman–Crippen LogP) is 4.51. The summed E-state index contributed by atoms with van der Waals surface area (Å²) in [6, 6.07) is 1.72. The van der Waals surface area contributed by atoms with E-state index in [2.05, 4.69) is 12.2 Å². The summed E-state index contributed by atoms with van der Waals surface area (Å²) in [6.45, 7) is 2.39. The fraction of sp³-hybridized carbons (Fsp3) is 1.00. The molecule has 4 atom stereocenters. The molecule has 0 aromatic rings. The van der Waals surface area contributed by atoms with E-state index in [1.807, 2.05) is 0 Å². The molecule has 18 heavy (non-hydrogen) atoms. The van der Waals surface area contributed by atoms with E-state index in [1.165, 1.54) is 57.8 Å². The van der Waals surface area contributed by atoms with Crippen LogP contribution >= 0.6 is 0 Å². The Morgan fingerprint density at radius 3 is 2.44 bits per heavy atom. The zero-order chi connectivity index (χ0) is 12.4. The van der Waals surface area contributed by atoms with E-state index in [0.29, 0.717) is 0 Å². The van der Waals surface area contributed by atoms with Crippen LogP contribution in [0, 0.1) is 17.8 Å². The normalized spacial score (nSPS) is 41.8. The Kier molecular flexibility index (Phi) is 4.28. The van der Waals surface area contributed by atoms with Gasteiger partial charge in [-0.1, -0.05) is 39.0 Å². The third kappa shape index (κ3) is 3.10. The molecule has 3 rings (SSSR count). The van der Waals surface area contributed by atoms with Crippen molar-refractivity contribution in [1.29, 1.82) is 0 Å². The molecule has 1 nitrogen and oxygen atoms in total. The number of rotatable bonds is 4. The first-order valence-corrected chi connectivity index (χ1v) is 8.63. The minimum Gasteiger partial charge on any atom is -0.311 e. The van der Waals surface area contributed by atoms with Gasteiger partial charge in [0.15, 0.2) is 0 Å². The zero-order valence-electron chi connectivity index (χ0n) is 12.2. The Bertz CT molecular complexity index is 258. The monoisotopic (exact) mass is 249 g/mol. The molecule has 0 spiro atoms. The Balaban J connectivity index is 1.51. The summed E-state index contributed by atoms with van der Waals surface area (Å²) in [5.74, 6) is 3.18. The molecule has 1 heteroatoms. The quantitative estimate of drug-likeness (QED) is 0.773. The molecule has 0 saturated heterocycles. The van der Waals surface area contributed by atoms with E-state index in [-0.39, 0.29) is 0 Å². The fourth-order valence-electron chi connectivity index (χ4n) is 4.59. The van der Waals surface area contributed by atoms with E-state index >= 15 is 0 Å². The molecule has 0 radical (unpaired) electrons.